The molecule has 0 fully saturated rings. The summed E-state index contributed by atoms with van der Waals surface area (Å²) in [5.74, 6) is -0.825. The molecule has 1 rings (SSSR count). The molecule has 1 N–H and O–H groups in total. The van der Waals surface area contributed by atoms with E-state index in [-0.39, 0.29) is 16.2 Å². The molecule has 0 saturated carbocycles. The number of benzene rings is 1. The van der Waals surface area contributed by atoms with Crippen LogP contribution < -0.4 is 0 Å². The van der Waals surface area contributed by atoms with Gasteiger partial charge in [-0.25, -0.2) is 13.2 Å². The van der Waals surface area contributed by atoms with E-state index in [9.17, 15) is 13.2 Å². The number of carboxylic acids is 1. The average molecular weight is 349 g/mol. The molecule has 19 heavy (non-hydrogen) atoms. The van der Waals surface area contributed by atoms with Crippen molar-refractivity contribution in [3.63, 3.8) is 0 Å². The molecular formula is C13H17BrO4S. The lowest BCUT2D eigenvalue weighted by molar-refractivity contribution is 0.0692. The molecule has 0 amide bonds. The summed E-state index contributed by atoms with van der Waals surface area (Å²) in [5, 5.41) is 9.05. The van der Waals surface area contributed by atoms with E-state index in [0.29, 0.717) is 16.8 Å². The minimum absolute atomic E-state index is 0.0259. The summed E-state index contributed by atoms with van der Waals surface area (Å²) in [6.07, 6.45) is 1.33. The van der Waals surface area contributed by atoms with Gasteiger partial charge < -0.3 is 5.11 Å². The Morgan fingerprint density at radius 1 is 1.37 bits per heavy atom. The van der Waals surface area contributed by atoms with Gasteiger partial charge in [-0.2, -0.15) is 0 Å². The fourth-order valence-corrected chi connectivity index (χ4v) is 3.80. The number of carbonyl (C=O) groups is 1. The van der Waals surface area contributed by atoms with Gasteiger partial charge in [-0.05, 0) is 37.0 Å². The maximum absolute atomic E-state index is 12.2. The Labute approximate surface area is 121 Å². The predicted molar refractivity (Wildman–Crippen MR) is 77.2 cm³/mol. The standard InChI is InChI=1S/C13H17BrO4S/c1-9(2)4-3-7-19(17,18)12-8-10(14)5-6-11(12)13(15)16/h5-6,8-9H,3-4,7H2,1-2H3,(H,15,16). The monoisotopic (exact) mass is 348 g/mol. The fourth-order valence-electron chi connectivity index (χ4n) is 1.72. The van der Waals surface area contributed by atoms with Crippen LogP contribution in [0.15, 0.2) is 27.6 Å². The van der Waals surface area contributed by atoms with Crippen LogP contribution in [-0.2, 0) is 9.84 Å². The highest BCUT2D eigenvalue weighted by Gasteiger charge is 2.22. The van der Waals surface area contributed by atoms with Gasteiger partial charge in [0.25, 0.3) is 0 Å². The van der Waals surface area contributed by atoms with E-state index in [1.807, 2.05) is 13.8 Å². The van der Waals surface area contributed by atoms with E-state index < -0.39 is 15.8 Å². The summed E-state index contributed by atoms with van der Waals surface area (Å²) in [4.78, 5) is 11.0. The fraction of sp³-hybridized carbons (Fsp3) is 0.462. The Morgan fingerprint density at radius 2 is 2.00 bits per heavy atom. The van der Waals surface area contributed by atoms with E-state index >= 15 is 0 Å². The van der Waals surface area contributed by atoms with Crippen LogP contribution in [0.4, 0.5) is 0 Å². The molecular weight excluding hydrogens is 332 g/mol. The molecule has 0 aliphatic carbocycles. The van der Waals surface area contributed by atoms with Crippen LogP contribution in [0.3, 0.4) is 0 Å². The van der Waals surface area contributed by atoms with Crippen molar-refractivity contribution in [1.82, 2.24) is 0 Å². The maximum atomic E-state index is 12.2. The second-order valence-corrected chi connectivity index (χ2v) is 7.79. The third-order valence-electron chi connectivity index (χ3n) is 2.70. The predicted octanol–water partition coefficient (Wildman–Crippen LogP) is 3.36. The van der Waals surface area contributed by atoms with Crippen LogP contribution in [-0.4, -0.2) is 25.2 Å². The molecule has 0 aliphatic rings. The molecule has 0 bridgehead atoms. The maximum Gasteiger partial charge on any atom is 0.337 e. The molecule has 4 nitrogen and oxygen atoms in total. The largest absolute Gasteiger partial charge is 0.478 e. The van der Waals surface area contributed by atoms with Crippen LogP contribution >= 0.6 is 15.9 Å². The first-order valence-electron chi connectivity index (χ1n) is 5.99. The second-order valence-electron chi connectivity index (χ2n) is 4.80. The summed E-state index contributed by atoms with van der Waals surface area (Å²) in [6, 6.07) is 4.19. The Balaban J connectivity index is 3.06. The van der Waals surface area contributed by atoms with Crippen molar-refractivity contribution in [2.24, 2.45) is 5.92 Å². The minimum atomic E-state index is -3.56. The summed E-state index contributed by atoms with van der Waals surface area (Å²) in [6.45, 7) is 4.04. The Kier molecular flexibility index (Phi) is 5.55. The van der Waals surface area contributed by atoms with Gasteiger partial charge in [-0.15, -0.1) is 0 Å². The molecule has 0 heterocycles. The summed E-state index contributed by atoms with van der Waals surface area (Å²) in [7, 11) is -3.56. The van der Waals surface area contributed by atoms with E-state index in [2.05, 4.69) is 15.9 Å². The quantitative estimate of drug-likeness (QED) is 0.855. The zero-order chi connectivity index (χ0) is 14.6. The molecule has 0 spiro atoms. The Bertz CT molecular complexity index is 564. The van der Waals surface area contributed by atoms with Crippen LogP contribution in [0, 0.1) is 5.92 Å². The molecule has 0 aromatic heterocycles. The lowest BCUT2D eigenvalue weighted by Crippen LogP contribution is -2.13. The highest BCUT2D eigenvalue weighted by Crippen LogP contribution is 2.23. The smallest absolute Gasteiger partial charge is 0.337 e. The van der Waals surface area contributed by atoms with Crippen LogP contribution in [0.25, 0.3) is 0 Å². The molecule has 1 aromatic rings. The first-order valence-corrected chi connectivity index (χ1v) is 8.44. The van der Waals surface area contributed by atoms with Gasteiger partial charge in [0.15, 0.2) is 9.84 Å². The lowest BCUT2D eigenvalue weighted by atomic mass is 10.1. The minimum Gasteiger partial charge on any atom is -0.478 e. The zero-order valence-corrected chi connectivity index (χ0v) is 13.3. The van der Waals surface area contributed by atoms with Crippen molar-refractivity contribution >= 4 is 31.7 Å². The van der Waals surface area contributed by atoms with Crippen molar-refractivity contribution in [3.05, 3.63) is 28.2 Å². The molecule has 1 aromatic carbocycles. The SMILES string of the molecule is CC(C)CCCS(=O)(=O)c1cc(Br)ccc1C(=O)O. The van der Waals surface area contributed by atoms with Gasteiger partial charge in [0, 0.05) is 4.47 Å². The van der Waals surface area contributed by atoms with Gasteiger partial charge in [0.1, 0.15) is 0 Å². The van der Waals surface area contributed by atoms with Crippen molar-refractivity contribution < 1.29 is 18.3 Å². The normalized spacial score (nSPS) is 11.8. The third kappa shape index (κ3) is 4.62. The van der Waals surface area contributed by atoms with Gasteiger partial charge in [0.2, 0.25) is 0 Å². The zero-order valence-electron chi connectivity index (χ0n) is 10.9. The van der Waals surface area contributed by atoms with Gasteiger partial charge in [-0.3, -0.25) is 0 Å². The molecule has 0 unspecified atom stereocenters. The first-order chi connectivity index (χ1) is 8.74. The van der Waals surface area contributed by atoms with Crippen molar-refractivity contribution in [3.8, 4) is 0 Å². The lowest BCUT2D eigenvalue weighted by Gasteiger charge is -2.09. The molecule has 0 atom stereocenters. The van der Waals surface area contributed by atoms with Crippen LogP contribution in [0.2, 0.25) is 0 Å². The van der Waals surface area contributed by atoms with Crippen LogP contribution in [0.5, 0.6) is 0 Å². The molecule has 0 aliphatic heterocycles. The highest BCUT2D eigenvalue weighted by molar-refractivity contribution is 9.10. The number of aromatic carboxylic acids is 1. The highest BCUT2D eigenvalue weighted by atomic mass is 79.9. The number of halogens is 1. The van der Waals surface area contributed by atoms with Gasteiger partial charge >= 0.3 is 5.97 Å². The van der Waals surface area contributed by atoms with E-state index in [1.165, 1.54) is 18.2 Å². The van der Waals surface area contributed by atoms with Gasteiger partial charge in [0.05, 0.1) is 16.2 Å². The first kappa shape index (κ1) is 16.2. The van der Waals surface area contributed by atoms with Crippen molar-refractivity contribution in [1.29, 1.82) is 0 Å². The Morgan fingerprint density at radius 3 is 2.53 bits per heavy atom. The summed E-state index contributed by atoms with van der Waals surface area (Å²) >= 11 is 3.17. The molecule has 6 heteroatoms. The summed E-state index contributed by atoms with van der Waals surface area (Å²) < 4.78 is 25.0. The van der Waals surface area contributed by atoms with E-state index in [1.54, 1.807) is 0 Å². The second kappa shape index (κ2) is 6.52. The number of hydrogen-bond donors (Lipinski definition) is 1. The molecule has 106 valence electrons. The number of sulfone groups is 1. The van der Waals surface area contributed by atoms with Crippen molar-refractivity contribution in [2.45, 2.75) is 31.6 Å². The average Bonchev–Trinajstić information content (AvgIpc) is 2.27. The topological polar surface area (TPSA) is 71.4 Å². The van der Waals surface area contributed by atoms with E-state index in [4.69, 9.17) is 5.11 Å². The number of rotatable bonds is 6. The number of hydrogen-bond acceptors (Lipinski definition) is 3. The van der Waals surface area contributed by atoms with E-state index in [0.717, 1.165) is 6.42 Å². The molecule has 0 saturated heterocycles. The third-order valence-corrected chi connectivity index (χ3v) is 5.03. The van der Waals surface area contributed by atoms with Crippen LogP contribution in [0.1, 0.15) is 37.0 Å². The summed E-state index contributed by atoms with van der Waals surface area (Å²) in [5.41, 5.74) is -0.173. The van der Waals surface area contributed by atoms with Crippen molar-refractivity contribution in [2.75, 3.05) is 5.75 Å². The Hall–Kier alpha value is -0.880. The number of carboxylic acid groups (broad SMARTS) is 1. The van der Waals surface area contributed by atoms with Gasteiger partial charge in [-0.1, -0.05) is 29.8 Å². The molecule has 0 radical (unpaired) electrons.